The molecule has 1 saturated heterocycles. The van der Waals surface area contributed by atoms with Crippen molar-refractivity contribution in [2.45, 2.75) is 18.2 Å². The minimum absolute atomic E-state index is 0.0619. The van der Waals surface area contributed by atoms with E-state index in [1.54, 1.807) is 30.5 Å². The van der Waals surface area contributed by atoms with Crippen molar-refractivity contribution in [3.63, 3.8) is 0 Å². The minimum atomic E-state index is -3.40. The van der Waals surface area contributed by atoms with Crippen LogP contribution in [0.1, 0.15) is 12.0 Å². The molecule has 0 radical (unpaired) electrons. The van der Waals surface area contributed by atoms with Crippen molar-refractivity contribution in [1.82, 2.24) is 9.71 Å². The molecule has 0 saturated carbocycles. The average molecular weight is 352 g/mol. The number of halogens is 1. The van der Waals surface area contributed by atoms with E-state index in [1.165, 1.54) is 0 Å². The zero-order valence-corrected chi connectivity index (χ0v) is 14.1. The lowest BCUT2D eigenvalue weighted by Crippen LogP contribution is -2.37. The monoisotopic (exact) mass is 351 g/mol. The van der Waals surface area contributed by atoms with E-state index in [4.69, 9.17) is 11.6 Å². The maximum atomic E-state index is 12.3. The van der Waals surface area contributed by atoms with Crippen molar-refractivity contribution in [2.24, 2.45) is 0 Å². The summed E-state index contributed by atoms with van der Waals surface area (Å²) in [7, 11) is -3.40. The summed E-state index contributed by atoms with van der Waals surface area (Å²) >= 11 is 5.90. The van der Waals surface area contributed by atoms with Crippen LogP contribution in [0.2, 0.25) is 5.02 Å². The fourth-order valence-corrected chi connectivity index (χ4v) is 4.36. The summed E-state index contributed by atoms with van der Waals surface area (Å²) in [4.78, 5) is 6.39. The molecule has 2 aromatic rings. The van der Waals surface area contributed by atoms with Gasteiger partial charge < -0.3 is 4.90 Å². The first kappa shape index (κ1) is 16.2. The number of nitrogens with one attached hydrogen (secondary N) is 1. The van der Waals surface area contributed by atoms with Gasteiger partial charge in [0.15, 0.2) is 0 Å². The van der Waals surface area contributed by atoms with Crippen LogP contribution in [-0.4, -0.2) is 32.5 Å². The fraction of sp³-hybridized carbons (Fsp3) is 0.312. The molecule has 0 amide bonds. The van der Waals surface area contributed by atoms with Crippen molar-refractivity contribution in [3.05, 3.63) is 59.2 Å². The largest absolute Gasteiger partial charge is 0.355 e. The maximum Gasteiger partial charge on any atom is 0.216 e. The summed E-state index contributed by atoms with van der Waals surface area (Å²) in [5.41, 5.74) is 0.685. The van der Waals surface area contributed by atoms with Crippen molar-refractivity contribution in [1.29, 1.82) is 0 Å². The second-order valence-electron chi connectivity index (χ2n) is 5.63. The van der Waals surface area contributed by atoms with Gasteiger partial charge in [0.25, 0.3) is 0 Å². The molecule has 1 N–H and O–H groups in total. The molecular formula is C16H18ClN3O2S. The molecule has 0 aliphatic carbocycles. The van der Waals surface area contributed by atoms with Gasteiger partial charge in [-0.25, -0.2) is 18.1 Å². The third-order valence-corrected chi connectivity index (χ3v) is 5.39. The van der Waals surface area contributed by atoms with Crippen LogP contribution in [0, 0.1) is 0 Å². The zero-order valence-electron chi connectivity index (χ0n) is 12.5. The molecule has 1 atom stereocenters. The quantitative estimate of drug-likeness (QED) is 0.898. The lowest BCUT2D eigenvalue weighted by molar-refractivity contribution is 0.560. The van der Waals surface area contributed by atoms with Gasteiger partial charge in [0.05, 0.1) is 5.75 Å². The molecule has 3 rings (SSSR count). The third-order valence-electron chi connectivity index (χ3n) is 3.75. The molecule has 23 heavy (non-hydrogen) atoms. The number of pyridine rings is 1. The average Bonchev–Trinajstić information content (AvgIpc) is 2.95. The van der Waals surface area contributed by atoms with Gasteiger partial charge in [0.1, 0.15) is 5.82 Å². The highest BCUT2D eigenvalue weighted by Gasteiger charge is 2.27. The molecule has 0 bridgehead atoms. The molecule has 0 spiro atoms. The van der Waals surface area contributed by atoms with Crippen LogP contribution in [0.4, 0.5) is 5.82 Å². The molecular weight excluding hydrogens is 334 g/mol. The summed E-state index contributed by atoms with van der Waals surface area (Å²) in [6.45, 7) is 1.42. The Morgan fingerprint density at radius 2 is 2.13 bits per heavy atom. The summed E-state index contributed by atoms with van der Waals surface area (Å²) in [5, 5.41) is 0.542. The van der Waals surface area contributed by atoms with E-state index in [9.17, 15) is 8.42 Å². The third kappa shape index (κ3) is 4.43. The predicted octanol–water partition coefficient (Wildman–Crippen LogP) is 2.43. The number of aromatic nitrogens is 1. The molecule has 7 heteroatoms. The molecule has 1 unspecified atom stereocenters. The lowest BCUT2D eigenvalue weighted by Gasteiger charge is -2.17. The normalized spacial score (nSPS) is 18.3. The number of nitrogens with zero attached hydrogens (tertiary/aromatic N) is 2. The summed E-state index contributed by atoms with van der Waals surface area (Å²) < 4.78 is 27.4. The van der Waals surface area contributed by atoms with Crippen LogP contribution < -0.4 is 9.62 Å². The molecule has 2 heterocycles. The van der Waals surface area contributed by atoms with E-state index in [2.05, 4.69) is 14.6 Å². The number of hydrogen-bond donors (Lipinski definition) is 1. The molecule has 1 aliphatic rings. The molecule has 122 valence electrons. The van der Waals surface area contributed by atoms with E-state index < -0.39 is 10.0 Å². The van der Waals surface area contributed by atoms with Gasteiger partial charge in [0, 0.05) is 30.4 Å². The van der Waals surface area contributed by atoms with E-state index in [-0.39, 0.29) is 11.8 Å². The number of sulfonamides is 1. The van der Waals surface area contributed by atoms with Gasteiger partial charge in [-0.2, -0.15) is 0 Å². The standard InChI is InChI=1S/C16H18ClN3O2S/c17-14-5-3-4-13(10-14)12-23(21,22)19-15-7-9-20(11-15)16-6-1-2-8-18-16/h1-6,8,10,15,19H,7,9,11-12H2. The van der Waals surface area contributed by atoms with Crippen molar-refractivity contribution in [2.75, 3.05) is 18.0 Å². The second-order valence-corrected chi connectivity index (χ2v) is 7.82. The lowest BCUT2D eigenvalue weighted by atomic mass is 10.2. The van der Waals surface area contributed by atoms with Crippen LogP contribution in [0.3, 0.4) is 0 Å². The van der Waals surface area contributed by atoms with E-state index in [1.807, 2.05) is 18.2 Å². The maximum absolute atomic E-state index is 12.3. The van der Waals surface area contributed by atoms with Crippen LogP contribution in [0.25, 0.3) is 0 Å². The first-order valence-electron chi connectivity index (χ1n) is 7.42. The second kappa shape index (κ2) is 6.86. The topological polar surface area (TPSA) is 62.3 Å². The molecule has 1 fully saturated rings. The highest BCUT2D eigenvalue weighted by molar-refractivity contribution is 7.88. The minimum Gasteiger partial charge on any atom is -0.355 e. The highest BCUT2D eigenvalue weighted by atomic mass is 35.5. The Hall–Kier alpha value is -1.63. The van der Waals surface area contributed by atoms with Crippen LogP contribution in [0.5, 0.6) is 0 Å². The van der Waals surface area contributed by atoms with Crippen molar-refractivity contribution >= 4 is 27.4 Å². The molecule has 5 nitrogen and oxygen atoms in total. The van der Waals surface area contributed by atoms with Gasteiger partial charge in [0.2, 0.25) is 10.0 Å². The summed E-state index contributed by atoms with van der Waals surface area (Å²) in [6.07, 6.45) is 2.51. The van der Waals surface area contributed by atoms with Crippen LogP contribution in [0.15, 0.2) is 48.7 Å². The van der Waals surface area contributed by atoms with Gasteiger partial charge in [-0.1, -0.05) is 29.8 Å². The van der Waals surface area contributed by atoms with Gasteiger partial charge in [-0.05, 0) is 36.2 Å². The smallest absolute Gasteiger partial charge is 0.216 e. The van der Waals surface area contributed by atoms with Crippen LogP contribution >= 0.6 is 11.6 Å². The summed E-state index contributed by atoms with van der Waals surface area (Å²) in [6, 6.07) is 12.6. The zero-order chi connectivity index (χ0) is 16.3. The van der Waals surface area contributed by atoms with Gasteiger partial charge >= 0.3 is 0 Å². The van der Waals surface area contributed by atoms with Gasteiger partial charge in [-0.15, -0.1) is 0 Å². The number of hydrogen-bond acceptors (Lipinski definition) is 4. The number of anilines is 1. The van der Waals surface area contributed by atoms with E-state index in [0.717, 1.165) is 18.8 Å². The fourth-order valence-electron chi connectivity index (χ4n) is 2.75. The van der Waals surface area contributed by atoms with Crippen molar-refractivity contribution in [3.8, 4) is 0 Å². The molecule has 1 aromatic heterocycles. The Kier molecular flexibility index (Phi) is 4.84. The Morgan fingerprint density at radius 3 is 2.87 bits per heavy atom. The van der Waals surface area contributed by atoms with Crippen molar-refractivity contribution < 1.29 is 8.42 Å². The van der Waals surface area contributed by atoms with E-state index in [0.29, 0.717) is 17.1 Å². The number of benzene rings is 1. The SMILES string of the molecule is O=S(=O)(Cc1cccc(Cl)c1)NC1CCN(c2ccccn2)C1. The molecule has 1 aliphatic heterocycles. The molecule has 1 aromatic carbocycles. The summed E-state index contributed by atoms with van der Waals surface area (Å²) in [5.74, 6) is 0.817. The first-order valence-corrected chi connectivity index (χ1v) is 9.45. The Labute approximate surface area is 141 Å². The van der Waals surface area contributed by atoms with Crippen LogP contribution in [-0.2, 0) is 15.8 Å². The Bertz CT molecular complexity index is 768. The number of rotatable bonds is 5. The highest BCUT2D eigenvalue weighted by Crippen LogP contribution is 2.19. The Morgan fingerprint density at radius 1 is 1.26 bits per heavy atom. The van der Waals surface area contributed by atoms with E-state index >= 15 is 0 Å². The Balaban J connectivity index is 1.61. The first-order chi connectivity index (χ1) is 11.0. The van der Waals surface area contributed by atoms with Gasteiger partial charge in [-0.3, -0.25) is 0 Å². The predicted molar refractivity (Wildman–Crippen MR) is 92.1 cm³/mol.